The fraction of sp³-hybridized carbons (Fsp3) is 0.583. The van der Waals surface area contributed by atoms with Crippen molar-refractivity contribution >= 4 is 23.0 Å². The lowest BCUT2D eigenvalue weighted by Crippen LogP contribution is -2.24. The minimum Gasteiger partial charge on any atom is -0.459 e. The van der Waals surface area contributed by atoms with Crippen LogP contribution in [-0.4, -0.2) is 24.3 Å². The summed E-state index contributed by atoms with van der Waals surface area (Å²) in [6.07, 6.45) is 1.94. The molecule has 0 spiro atoms. The normalized spacial score (nSPS) is 22.6. The predicted octanol–water partition coefficient (Wildman–Crippen LogP) is 2.44. The Balaban J connectivity index is 1.84. The number of anilines is 1. The van der Waals surface area contributed by atoms with Crippen molar-refractivity contribution in [3.05, 3.63) is 16.3 Å². The van der Waals surface area contributed by atoms with Crippen LogP contribution in [0.25, 0.3) is 0 Å². The molecule has 2 heterocycles. The largest absolute Gasteiger partial charge is 0.459 e. The standard InChI is InChI=1S/C12H17NO3S/c1-12(2)5-3-8(16-12)7-15-11(14)10-9(13)4-6-17-10/h4,6,8H,3,5,7,13H2,1-2H3. The van der Waals surface area contributed by atoms with Crippen molar-refractivity contribution in [3.8, 4) is 0 Å². The van der Waals surface area contributed by atoms with Crippen molar-refractivity contribution < 1.29 is 14.3 Å². The van der Waals surface area contributed by atoms with Crippen LogP contribution in [0.1, 0.15) is 36.4 Å². The molecule has 1 atom stereocenters. The van der Waals surface area contributed by atoms with Crippen LogP contribution < -0.4 is 5.73 Å². The maximum atomic E-state index is 11.7. The Morgan fingerprint density at radius 1 is 1.71 bits per heavy atom. The Bertz CT molecular complexity index is 414. The van der Waals surface area contributed by atoms with Gasteiger partial charge in [0.1, 0.15) is 11.5 Å². The molecule has 1 aliphatic heterocycles. The van der Waals surface area contributed by atoms with Crippen molar-refractivity contribution in [1.82, 2.24) is 0 Å². The van der Waals surface area contributed by atoms with Gasteiger partial charge in [-0.1, -0.05) is 0 Å². The van der Waals surface area contributed by atoms with Crippen LogP contribution in [0.4, 0.5) is 5.69 Å². The third-order valence-corrected chi connectivity index (χ3v) is 3.75. The number of carbonyl (C=O) groups is 1. The number of hydrogen-bond acceptors (Lipinski definition) is 5. The summed E-state index contributed by atoms with van der Waals surface area (Å²) in [5.41, 5.74) is 6.03. The molecule has 4 nitrogen and oxygen atoms in total. The fourth-order valence-corrected chi connectivity index (χ4v) is 2.62. The zero-order valence-electron chi connectivity index (χ0n) is 10.1. The number of nitrogens with two attached hydrogens (primary N) is 1. The summed E-state index contributed by atoms with van der Waals surface area (Å²) in [4.78, 5) is 12.2. The number of nitrogen functional groups attached to an aromatic ring is 1. The van der Waals surface area contributed by atoms with E-state index in [2.05, 4.69) is 0 Å². The van der Waals surface area contributed by atoms with Gasteiger partial charge in [-0.3, -0.25) is 0 Å². The van der Waals surface area contributed by atoms with Gasteiger partial charge in [-0.2, -0.15) is 0 Å². The van der Waals surface area contributed by atoms with Gasteiger partial charge < -0.3 is 15.2 Å². The van der Waals surface area contributed by atoms with E-state index in [9.17, 15) is 4.79 Å². The van der Waals surface area contributed by atoms with Gasteiger partial charge in [0.2, 0.25) is 0 Å². The molecule has 5 heteroatoms. The first-order valence-corrected chi connectivity index (χ1v) is 6.54. The molecule has 0 amide bonds. The summed E-state index contributed by atoms with van der Waals surface area (Å²) in [7, 11) is 0. The number of rotatable bonds is 3. The quantitative estimate of drug-likeness (QED) is 0.843. The zero-order chi connectivity index (χ0) is 12.5. The summed E-state index contributed by atoms with van der Waals surface area (Å²) in [5.74, 6) is -0.356. The highest BCUT2D eigenvalue weighted by Crippen LogP contribution is 2.29. The zero-order valence-corrected chi connectivity index (χ0v) is 10.9. The SMILES string of the molecule is CC1(C)CCC(COC(=O)c2sccc2N)O1. The number of hydrogen-bond donors (Lipinski definition) is 1. The molecule has 1 unspecified atom stereocenters. The number of ether oxygens (including phenoxy) is 2. The smallest absolute Gasteiger partial charge is 0.350 e. The number of carbonyl (C=O) groups excluding carboxylic acids is 1. The van der Waals surface area contributed by atoms with Crippen LogP contribution in [0.5, 0.6) is 0 Å². The van der Waals surface area contributed by atoms with Crippen molar-refractivity contribution in [2.45, 2.75) is 38.4 Å². The topological polar surface area (TPSA) is 61.5 Å². The third-order valence-electron chi connectivity index (χ3n) is 2.84. The van der Waals surface area contributed by atoms with Crippen LogP contribution in [-0.2, 0) is 9.47 Å². The van der Waals surface area contributed by atoms with E-state index in [4.69, 9.17) is 15.2 Å². The maximum Gasteiger partial charge on any atom is 0.350 e. The Kier molecular flexibility index (Phi) is 3.40. The first-order valence-electron chi connectivity index (χ1n) is 5.66. The summed E-state index contributed by atoms with van der Waals surface area (Å²) < 4.78 is 11.0. The molecule has 1 aromatic heterocycles. The maximum absolute atomic E-state index is 11.7. The first-order chi connectivity index (χ1) is 7.98. The van der Waals surface area contributed by atoms with E-state index in [1.807, 2.05) is 13.8 Å². The lowest BCUT2D eigenvalue weighted by atomic mass is 10.1. The Morgan fingerprint density at radius 2 is 2.47 bits per heavy atom. The molecule has 0 saturated carbocycles. The molecule has 2 N–H and O–H groups in total. The highest BCUT2D eigenvalue weighted by molar-refractivity contribution is 7.12. The monoisotopic (exact) mass is 255 g/mol. The van der Waals surface area contributed by atoms with E-state index in [1.54, 1.807) is 11.4 Å². The highest BCUT2D eigenvalue weighted by atomic mass is 32.1. The summed E-state index contributed by atoms with van der Waals surface area (Å²) in [5, 5.41) is 1.78. The van der Waals surface area contributed by atoms with E-state index in [-0.39, 0.29) is 17.7 Å². The van der Waals surface area contributed by atoms with E-state index < -0.39 is 0 Å². The first kappa shape index (κ1) is 12.4. The second-order valence-corrected chi connectivity index (χ2v) is 5.76. The average molecular weight is 255 g/mol. The van der Waals surface area contributed by atoms with Crippen molar-refractivity contribution in [3.63, 3.8) is 0 Å². The number of esters is 1. The second-order valence-electron chi connectivity index (χ2n) is 4.84. The molecule has 0 aromatic carbocycles. The van der Waals surface area contributed by atoms with Crippen LogP contribution in [0.3, 0.4) is 0 Å². The molecule has 1 aliphatic rings. The Hall–Kier alpha value is -1.07. The Morgan fingerprint density at radius 3 is 3.00 bits per heavy atom. The van der Waals surface area contributed by atoms with Gasteiger partial charge in [0.25, 0.3) is 0 Å². The molecule has 1 fully saturated rings. The molecular formula is C12H17NO3S. The summed E-state index contributed by atoms with van der Waals surface area (Å²) in [6, 6.07) is 1.70. The third kappa shape index (κ3) is 2.98. The van der Waals surface area contributed by atoms with Gasteiger partial charge in [0.15, 0.2) is 0 Å². The molecule has 0 bridgehead atoms. The van der Waals surface area contributed by atoms with Gasteiger partial charge in [-0.15, -0.1) is 11.3 Å². The van der Waals surface area contributed by atoms with Gasteiger partial charge >= 0.3 is 5.97 Å². The van der Waals surface area contributed by atoms with Crippen molar-refractivity contribution in [2.24, 2.45) is 0 Å². The van der Waals surface area contributed by atoms with Crippen LogP contribution in [0.2, 0.25) is 0 Å². The van der Waals surface area contributed by atoms with Gasteiger partial charge in [-0.05, 0) is 38.1 Å². The van der Waals surface area contributed by atoms with Gasteiger partial charge in [-0.25, -0.2) is 4.79 Å². The molecule has 17 heavy (non-hydrogen) atoms. The minimum atomic E-state index is -0.356. The lowest BCUT2D eigenvalue weighted by molar-refractivity contribution is -0.0443. The van der Waals surface area contributed by atoms with E-state index in [1.165, 1.54) is 11.3 Å². The highest BCUT2D eigenvalue weighted by Gasteiger charge is 2.32. The van der Waals surface area contributed by atoms with Crippen molar-refractivity contribution in [1.29, 1.82) is 0 Å². The molecule has 94 valence electrons. The predicted molar refractivity (Wildman–Crippen MR) is 67.2 cm³/mol. The molecule has 1 saturated heterocycles. The van der Waals surface area contributed by atoms with Crippen LogP contribution >= 0.6 is 11.3 Å². The lowest BCUT2D eigenvalue weighted by Gasteiger charge is -2.19. The second kappa shape index (κ2) is 4.66. The average Bonchev–Trinajstić information content (AvgIpc) is 2.81. The minimum absolute atomic E-state index is 0.00939. The van der Waals surface area contributed by atoms with E-state index in [0.29, 0.717) is 17.2 Å². The molecule has 0 radical (unpaired) electrons. The fourth-order valence-electron chi connectivity index (χ4n) is 1.91. The van der Waals surface area contributed by atoms with E-state index in [0.717, 1.165) is 12.8 Å². The molecular weight excluding hydrogens is 238 g/mol. The molecule has 1 aromatic rings. The van der Waals surface area contributed by atoms with E-state index >= 15 is 0 Å². The number of thiophene rings is 1. The van der Waals surface area contributed by atoms with Gasteiger partial charge in [0.05, 0.1) is 17.4 Å². The summed E-state index contributed by atoms with van der Waals surface area (Å²) in [6.45, 7) is 4.40. The van der Waals surface area contributed by atoms with Gasteiger partial charge in [0, 0.05) is 0 Å². The van der Waals surface area contributed by atoms with Crippen LogP contribution in [0.15, 0.2) is 11.4 Å². The Labute approximate surface area is 105 Å². The van der Waals surface area contributed by atoms with Crippen molar-refractivity contribution in [2.75, 3.05) is 12.3 Å². The summed E-state index contributed by atoms with van der Waals surface area (Å²) >= 11 is 1.30. The van der Waals surface area contributed by atoms with Crippen LogP contribution in [0, 0.1) is 0 Å². The molecule has 2 rings (SSSR count). The molecule has 0 aliphatic carbocycles.